The van der Waals surface area contributed by atoms with E-state index in [1.165, 1.54) is 0 Å². The Morgan fingerprint density at radius 1 is 1.36 bits per heavy atom. The maximum absolute atomic E-state index is 5.18. The average molecular weight is 147 g/mol. The lowest BCUT2D eigenvalue weighted by molar-refractivity contribution is 0.519. The van der Waals surface area contributed by atoms with Gasteiger partial charge in [0.05, 0.1) is 6.26 Å². The Morgan fingerprint density at radius 2 is 2.09 bits per heavy atom. The van der Waals surface area contributed by atoms with Gasteiger partial charge in [0, 0.05) is 18.1 Å². The van der Waals surface area contributed by atoms with Gasteiger partial charge in [-0.15, -0.1) is 13.2 Å². The summed E-state index contributed by atoms with van der Waals surface area (Å²) in [5.74, 6) is 0.944. The number of furan rings is 1. The minimum atomic E-state index is 0.771. The smallest absolute Gasteiger partial charge is 0.111 e. The van der Waals surface area contributed by atoms with Gasteiger partial charge < -0.3 is 4.42 Å². The molecule has 0 aliphatic heterocycles. The van der Waals surface area contributed by atoms with Crippen molar-refractivity contribution in [3.05, 3.63) is 49.0 Å². The summed E-state index contributed by atoms with van der Waals surface area (Å²) in [6.45, 7) is 7.29. The van der Waals surface area contributed by atoms with Gasteiger partial charge in [-0.1, -0.05) is 12.2 Å². The molecule has 1 radical (unpaired) electrons. The third-order valence-corrected chi connectivity index (χ3v) is 1.45. The van der Waals surface area contributed by atoms with E-state index >= 15 is 0 Å². The summed E-state index contributed by atoms with van der Waals surface area (Å²) < 4.78 is 5.18. The van der Waals surface area contributed by atoms with Gasteiger partial charge in [-0.05, 0) is 6.42 Å². The Bertz CT molecular complexity index is 221. The molecule has 0 bridgehead atoms. The highest BCUT2D eigenvalue weighted by Crippen LogP contribution is 2.11. The first-order chi connectivity index (χ1) is 5.38. The maximum atomic E-state index is 5.18. The molecule has 0 amide bonds. The third kappa shape index (κ3) is 1.84. The highest BCUT2D eigenvalue weighted by molar-refractivity contribution is 5.19. The second-order valence-electron chi connectivity index (χ2n) is 2.27. The monoisotopic (exact) mass is 147 g/mol. The van der Waals surface area contributed by atoms with Crippen molar-refractivity contribution in [2.75, 3.05) is 0 Å². The highest BCUT2D eigenvalue weighted by Gasteiger charge is 2.01. The van der Waals surface area contributed by atoms with Crippen molar-refractivity contribution in [2.45, 2.75) is 12.8 Å². The van der Waals surface area contributed by atoms with Gasteiger partial charge in [-0.3, -0.25) is 0 Å². The van der Waals surface area contributed by atoms with Crippen LogP contribution >= 0.6 is 0 Å². The normalized spacial score (nSPS) is 9.45. The van der Waals surface area contributed by atoms with E-state index < -0.39 is 0 Å². The molecule has 0 aromatic carbocycles. The summed E-state index contributed by atoms with van der Waals surface area (Å²) in [5, 5.41) is 0. The van der Waals surface area contributed by atoms with Crippen LogP contribution in [0.3, 0.4) is 0 Å². The third-order valence-electron chi connectivity index (χ3n) is 1.45. The van der Waals surface area contributed by atoms with Crippen LogP contribution in [0.4, 0.5) is 0 Å². The van der Waals surface area contributed by atoms with Crippen molar-refractivity contribution in [1.82, 2.24) is 0 Å². The first-order valence-corrected chi connectivity index (χ1v) is 3.57. The van der Waals surface area contributed by atoms with E-state index in [-0.39, 0.29) is 0 Å². The standard InChI is InChI=1S/C10H11O/c1-3-5-9-7-8-11-10(9)6-4-2/h3-4,8H,1-2,5-6H2. The molecular weight excluding hydrogens is 136 g/mol. The average Bonchev–Trinajstić information content (AvgIpc) is 2.39. The minimum absolute atomic E-state index is 0.771. The van der Waals surface area contributed by atoms with Gasteiger partial charge in [-0.25, -0.2) is 0 Å². The summed E-state index contributed by atoms with van der Waals surface area (Å²) in [6, 6.07) is 3.01. The molecule has 1 heterocycles. The SMILES string of the molecule is C=CCc1[c]coc1CC=C. The fraction of sp³-hybridized carbons (Fsp3) is 0.200. The number of rotatable bonds is 4. The molecule has 11 heavy (non-hydrogen) atoms. The molecule has 1 heteroatoms. The fourth-order valence-electron chi connectivity index (χ4n) is 0.943. The molecule has 57 valence electrons. The predicted molar refractivity (Wildman–Crippen MR) is 45.3 cm³/mol. The van der Waals surface area contributed by atoms with E-state index in [1.807, 2.05) is 12.2 Å². The molecule has 0 unspecified atom stereocenters. The largest absolute Gasteiger partial charge is 0.468 e. The topological polar surface area (TPSA) is 13.1 Å². The van der Waals surface area contributed by atoms with Crippen LogP contribution in [-0.4, -0.2) is 0 Å². The summed E-state index contributed by atoms with van der Waals surface area (Å²) in [7, 11) is 0. The van der Waals surface area contributed by atoms with Crippen LogP contribution in [0, 0.1) is 6.07 Å². The highest BCUT2D eigenvalue weighted by atomic mass is 16.3. The van der Waals surface area contributed by atoms with Crippen LogP contribution in [-0.2, 0) is 12.8 Å². The summed E-state index contributed by atoms with van der Waals surface area (Å²) in [4.78, 5) is 0. The van der Waals surface area contributed by atoms with E-state index in [0.717, 1.165) is 24.2 Å². The number of hydrogen-bond donors (Lipinski definition) is 0. The zero-order valence-electron chi connectivity index (χ0n) is 6.47. The molecule has 1 nitrogen and oxygen atoms in total. The van der Waals surface area contributed by atoms with Gasteiger partial charge in [-0.2, -0.15) is 0 Å². The Balaban J connectivity index is 2.76. The van der Waals surface area contributed by atoms with Gasteiger partial charge in [0.1, 0.15) is 5.76 Å². The molecule has 1 rings (SSSR count). The van der Waals surface area contributed by atoms with Crippen molar-refractivity contribution in [3.8, 4) is 0 Å². The molecule has 0 saturated heterocycles. The number of hydrogen-bond acceptors (Lipinski definition) is 1. The molecule has 0 atom stereocenters. The molecule has 0 saturated carbocycles. The number of allylic oxidation sites excluding steroid dienone is 2. The molecular formula is C10H11O. The maximum Gasteiger partial charge on any atom is 0.111 e. The first kappa shape index (κ1) is 7.86. The van der Waals surface area contributed by atoms with Gasteiger partial charge >= 0.3 is 0 Å². The summed E-state index contributed by atoms with van der Waals surface area (Å²) >= 11 is 0. The molecule has 1 aromatic rings. The van der Waals surface area contributed by atoms with Crippen LogP contribution in [0.15, 0.2) is 36.0 Å². The lowest BCUT2D eigenvalue weighted by Crippen LogP contribution is -1.84. The van der Waals surface area contributed by atoms with E-state index in [9.17, 15) is 0 Å². The summed E-state index contributed by atoms with van der Waals surface area (Å²) in [6.07, 6.45) is 6.83. The molecule has 0 aliphatic carbocycles. The Morgan fingerprint density at radius 3 is 2.73 bits per heavy atom. The summed E-state index contributed by atoms with van der Waals surface area (Å²) in [5.41, 5.74) is 1.08. The lowest BCUT2D eigenvalue weighted by atomic mass is 10.1. The second kappa shape index (κ2) is 3.81. The van der Waals surface area contributed by atoms with Crippen molar-refractivity contribution in [1.29, 1.82) is 0 Å². The van der Waals surface area contributed by atoms with E-state index in [0.29, 0.717) is 0 Å². The van der Waals surface area contributed by atoms with Gasteiger partial charge in [0.15, 0.2) is 0 Å². The minimum Gasteiger partial charge on any atom is -0.468 e. The van der Waals surface area contributed by atoms with Crippen molar-refractivity contribution < 1.29 is 4.42 Å². The van der Waals surface area contributed by atoms with Crippen LogP contribution in [0.2, 0.25) is 0 Å². The fourth-order valence-corrected chi connectivity index (χ4v) is 0.943. The van der Waals surface area contributed by atoms with Crippen LogP contribution < -0.4 is 0 Å². The van der Waals surface area contributed by atoms with Crippen molar-refractivity contribution in [3.63, 3.8) is 0 Å². The molecule has 0 N–H and O–H groups in total. The van der Waals surface area contributed by atoms with Gasteiger partial charge in [0.2, 0.25) is 0 Å². The van der Waals surface area contributed by atoms with Gasteiger partial charge in [0.25, 0.3) is 0 Å². The Labute approximate surface area is 67.0 Å². The molecule has 0 spiro atoms. The molecule has 0 fully saturated rings. The van der Waals surface area contributed by atoms with Crippen LogP contribution in [0.5, 0.6) is 0 Å². The van der Waals surface area contributed by atoms with Crippen LogP contribution in [0.1, 0.15) is 11.3 Å². The second-order valence-corrected chi connectivity index (χ2v) is 2.27. The first-order valence-electron chi connectivity index (χ1n) is 3.57. The van der Waals surface area contributed by atoms with Crippen molar-refractivity contribution in [2.24, 2.45) is 0 Å². The predicted octanol–water partition coefficient (Wildman–Crippen LogP) is 2.54. The zero-order valence-corrected chi connectivity index (χ0v) is 6.47. The Kier molecular flexibility index (Phi) is 2.73. The zero-order chi connectivity index (χ0) is 8.10. The Hall–Kier alpha value is -1.24. The van der Waals surface area contributed by atoms with E-state index in [2.05, 4.69) is 19.2 Å². The van der Waals surface area contributed by atoms with E-state index in [1.54, 1.807) is 6.26 Å². The van der Waals surface area contributed by atoms with Crippen LogP contribution in [0.25, 0.3) is 0 Å². The van der Waals surface area contributed by atoms with Crippen molar-refractivity contribution >= 4 is 0 Å². The molecule has 0 aliphatic rings. The quantitative estimate of drug-likeness (QED) is 0.596. The lowest BCUT2D eigenvalue weighted by Gasteiger charge is -1.93. The molecule has 1 aromatic heterocycles. The van der Waals surface area contributed by atoms with E-state index in [4.69, 9.17) is 4.42 Å².